The van der Waals surface area contributed by atoms with Crippen molar-refractivity contribution < 1.29 is 14.0 Å². The van der Waals surface area contributed by atoms with Crippen molar-refractivity contribution in [3.05, 3.63) is 0 Å². The Morgan fingerprint density at radius 1 is 1.07 bits per heavy atom. The predicted molar refractivity (Wildman–Crippen MR) is 56.2 cm³/mol. The Balaban J connectivity index is 1.78. The van der Waals surface area contributed by atoms with Crippen molar-refractivity contribution in [1.29, 1.82) is 0 Å². The molecule has 2 bridgehead atoms. The van der Waals surface area contributed by atoms with E-state index in [4.69, 9.17) is 4.74 Å². The molecule has 3 heterocycles. The molecule has 0 aromatic rings. The third kappa shape index (κ3) is 1.32. The molecule has 0 aromatic carbocycles. The molecule has 3 nitrogen and oxygen atoms in total. The summed E-state index contributed by atoms with van der Waals surface area (Å²) in [7, 11) is 0. The van der Waals surface area contributed by atoms with Gasteiger partial charge in [-0.05, 0) is 0 Å². The van der Waals surface area contributed by atoms with E-state index in [0.717, 1.165) is 24.9 Å². The fraction of sp³-hybridized carbons (Fsp3) is 0.917. The molecule has 1 spiro atoms. The third-order valence-electron chi connectivity index (χ3n) is 5.00. The zero-order valence-corrected chi connectivity index (χ0v) is 9.23. The lowest BCUT2D eigenvalue weighted by atomic mass is 9.96. The van der Waals surface area contributed by atoms with Crippen LogP contribution in [0.1, 0.15) is 38.5 Å². The number of ether oxygens (including phenoxy) is 1. The van der Waals surface area contributed by atoms with Crippen LogP contribution in [0.25, 0.3) is 0 Å². The summed E-state index contributed by atoms with van der Waals surface area (Å²) in [5.74, 6) is 0. The van der Waals surface area contributed by atoms with E-state index in [1.54, 1.807) is 0 Å². The van der Waals surface area contributed by atoms with Crippen molar-refractivity contribution >= 4 is 6.47 Å². The van der Waals surface area contributed by atoms with E-state index in [1.165, 1.54) is 43.3 Å². The molecule has 0 saturated carbocycles. The lowest BCUT2D eigenvalue weighted by Crippen LogP contribution is -2.59. The molecule has 2 unspecified atom stereocenters. The first-order chi connectivity index (χ1) is 7.35. The Bertz CT molecular complexity index is 244. The summed E-state index contributed by atoms with van der Waals surface area (Å²) in [6.07, 6.45) is 8.01. The molecule has 0 radical (unpaired) electrons. The summed E-state index contributed by atoms with van der Waals surface area (Å²) < 4.78 is 6.56. The monoisotopic (exact) mass is 210 g/mol. The minimum atomic E-state index is 0.226. The first-order valence-electron chi connectivity index (χ1n) is 6.31. The Morgan fingerprint density at radius 3 is 2.20 bits per heavy atom. The quantitative estimate of drug-likeness (QED) is 0.509. The van der Waals surface area contributed by atoms with Crippen molar-refractivity contribution in [2.24, 2.45) is 0 Å². The van der Waals surface area contributed by atoms with Gasteiger partial charge in [-0.3, -0.25) is 4.79 Å². The summed E-state index contributed by atoms with van der Waals surface area (Å²) >= 11 is 0. The van der Waals surface area contributed by atoms with Crippen molar-refractivity contribution in [1.82, 2.24) is 0 Å². The normalized spacial score (nSPS) is 42.0. The summed E-state index contributed by atoms with van der Waals surface area (Å²) in [4.78, 5) is 10.4. The second kappa shape index (κ2) is 3.48. The van der Waals surface area contributed by atoms with Gasteiger partial charge in [0.05, 0.1) is 25.2 Å². The minimum Gasteiger partial charge on any atom is -0.464 e. The lowest BCUT2D eigenvalue weighted by molar-refractivity contribution is -0.956. The Kier molecular flexibility index (Phi) is 2.23. The summed E-state index contributed by atoms with van der Waals surface area (Å²) in [5.41, 5.74) is 0. The van der Waals surface area contributed by atoms with E-state index in [9.17, 15) is 4.79 Å². The maximum absolute atomic E-state index is 10.4. The molecule has 84 valence electrons. The van der Waals surface area contributed by atoms with Crippen LogP contribution in [-0.4, -0.2) is 42.2 Å². The van der Waals surface area contributed by atoms with Crippen molar-refractivity contribution in [2.75, 3.05) is 13.1 Å². The molecular weight excluding hydrogens is 190 g/mol. The molecule has 2 atom stereocenters. The van der Waals surface area contributed by atoms with Gasteiger partial charge in [0.2, 0.25) is 0 Å². The molecule has 0 N–H and O–H groups in total. The van der Waals surface area contributed by atoms with Gasteiger partial charge in [0.15, 0.2) is 0 Å². The zero-order valence-electron chi connectivity index (χ0n) is 9.23. The maximum Gasteiger partial charge on any atom is 0.293 e. The largest absolute Gasteiger partial charge is 0.464 e. The number of carbonyl (C=O) groups is 1. The van der Waals surface area contributed by atoms with Gasteiger partial charge < -0.3 is 9.22 Å². The number of hydrogen-bond acceptors (Lipinski definition) is 2. The molecule has 3 saturated heterocycles. The van der Waals surface area contributed by atoms with E-state index in [2.05, 4.69) is 0 Å². The third-order valence-corrected chi connectivity index (χ3v) is 5.00. The number of carbonyl (C=O) groups excluding carboxylic acids is 1. The molecule has 3 rings (SSSR count). The number of nitrogens with zero attached hydrogens (tertiary/aromatic N) is 1. The Labute approximate surface area is 91.0 Å². The van der Waals surface area contributed by atoms with Crippen LogP contribution in [0.15, 0.2) is 0 Å². The van der Waals surface area contributed by atoms with Crippen LogP contribution in [0, 0.1) is 0 Å². The summed E-state index contributed by atoms with van der Waals surface area (Å²) in [5, 5.41) is 0. The Morgan fingerprint density at radius 2 is 1.67 bits per heavy atom. The highest BCUT2D eigenvalue weighted by molar-refractivity contribution is 5.37. The standard InChI is InChI=1S/C12H20NO2/c14-9-15-12-7-10-3-4-11(8-12)13(10)5-1-2-6-13/h9-12H,1-8H2/q+1. The zero-order chi connectivity index (χ0) is 10.3. The topological polar surface area (TPSA) is 26.3 Å². The molecule has 0 aromatic heterocycles. The van der Waals surface area contributed by atoms with Gasteiger partial charge in [-0.1, -0.05) is 0 Å². The van der Waals surface area contributed by atoms with E-state index < -0.39 is 0 Å². The lowest BCUT2D eigenvalue weighted by Gasteiger charge is -2.46. The Hall–Kier alpha value is -0.570. The van der Waals surface area contributed by atoms with Crippen LogP contribution in [0.5, 0.6) is 0 Å². The average Bonchev–Trinajstić information content (AvgIpc) is 2.76. The molecule has 0 amide bonds. The SMILES string of the molecule is O=COC1CC2CCC(C1)[N+]21CCCC1. The van der Waals surface area contributed by atoms with Gasteiger partial charge in [0, 0.05) is 38.5 Å². The predicted octanol–water partition coefficient (Wildman–Crippen LogP) is 1.46. The molecule has 0 aliphatic carbocycles. The molecule has 3 aliphatic rings. The van der Waals surface area contributed by atoms with Crippen LogP contribution in [-0.2, 0) is 9.53 Å². The first kappa shape index (κ1) is 9.64. The van der Waals surface area contributed by atoms with Crippen LogP contribution in [0.2, 0.25) is 0 Å². The van der Waals surface area contributed by atoms with E-state index in [-0.39, 0.29) is 6.10 Å². The summed E-state index contributed by atoms with van der Waals surface area (Å²) in [6, 6.07) is 1.60. The van der Waals surface area contributed by atoms with Crippen molar-refractivity contribution in [3.63, 3.8) is 0 Å². The summed E-state index contributed by atoms with van der Waals surface area (Å²) in [6.45, 7) is 3.43. The highest BCUT2D eigenvalue weighted by Gasteiger charge is 2.55. The smallest absolute Gasteiger partial charge is 0.293 e. The molecule has 15 heavy (non-hydrogen) atoms. The van der Waals surface area contributed by atoms with E-state index in [1.807, 2.05) is 0 Å². The van der Waals surface area contributed by atoms with Gasteiger partial charge in [-0.25, -0.2) is 0 Å². The molecule has 3 fully saturated rings. The second-order valence-corrected chi connectivity index (χ2v) is 5.47. The molecule has 3 aliphatic heterocycles. The van der Waals surface area contributed by atoms with E-state index >= 15 is 0 Å². The fourth-order valence-corrected chi connectivity index (χ4v) is 4.40. The number of piperidine rings is 1. The second-order valence-electron chi connectivity index (χ2n) is 5.47. The van der Waals surface area contributed by atoms with Gasteiger partial charge in [-0.15, -0.1) is 0 Å². The molecule has 3 heteroatoms. The van der Waals surface area contributed by atoms with Gasteiger partial charge in [0.25, 0.3) is 6.47 Å². The first-order valence-corrected chi connectivity index (χ1v) is 6.31. The van der Waals surface area contributed by atoms with Crippen molar-refractivity contribution in [3.8, 4) is 0 Å². The van der Waals surface area contributed by atoms with E-state index in [0.29, 0.717) is 6.47 Å². The number of rotatable bonds is 2. The van der Waals surface area contributed by atoms with Gasteiger partial charge in [-0.2, -0.15) is 0 Å². The van der Waals surface area contributed by atoms with Crippen LogP contribution >= 0.6 is 0 Å². The fourth-order valence-electron chi connectivity index (χ4n) is 4.40. The minimum absolute atomic E-state index is 0.226. The highest BCUT2D eigenvalue weighted by atomic mass is 16.5. The van der Waals surface area contributed by atoms with Crippen LogP contribution in [0.4, 0.5) is 0 Å². The molecular formula is C12H20NO2+. The van der Waals surface area contributed by atoms with Crippen molar-refractivity contribution in [2.45, 2.75) is 56.7 Å². The van der Waals surface area contributed by atoms with Gasteiger partial charge >= 0.3 is 0 Å². The number of quaternary nitrogens is 1. The van der Waals surface area contributed by atoms with Crippen LogP contribution < -0.4 is 0 Å². The highest BCUT2D eigenvalue weighted by Crippen LogP contribution is 2.45. The van der Waals surface area contributed by atoms with Gasteiger partial charge in [0.1, 0.15) is 6.10 Å². The average molecular weight is 210 g/mol. The van der Waals surface area contributed by atoms with Crippen LogP contribution in [0.3, 0.4) is 0 Å². The number of hydrogen-bond donors (Lipinski definition) is 0. The maximum atomic E-state index is 10.4.